The molecule has 0 saturated carbocycles. The molecule has 0 heterocycles. The number of benzene rings is 4. The van der Waals surface area contributed by atoms with Crippen molar-refractivity contribution in [1.82, 2.24) is 0 Å². The maximum atomic E-state index is 2.24. The van der Waals surface area contributed by atoms with Crippen molar-refractivity contribution in [3.05, 3.63) is 133 Å². The third-order valence-electron chi connectivity index (χ3n) is 5.45. The largest absolute Gasteiger partial charge is 0.145 e. The average Bonchev–Trinajstić information content (AvgIpc) is 3.45. The molecule has 0 radical (unpaired) electrons. The number of fused-ring (bicyclic) bond motifs is 2. The van der Waals surface area contributed by atoms with Gasteiger partial charge in [0.2, 0.25) is 0 Å². The SMILES string of the molecule is [Nd].c1ccc(-c2cc3ccccc3[cH-]2)cc1.c1ccc(-c2cc3ccccc3[cH-]2)cc1. The van der Waals surface area contributed by atoms with Crippen LogP contribution in [0.25, 0.3) is 43.8 Å². The molecular formula is C30H22Nd-2. The van der Waals surface area contributed by atoms with E-state index in [0.717, 1.165) is 0 Å². The number of hydrogen-bond donors (Lipinski definition) is 0. The van der Waals surface area contributed by atoms with E-state index in [9.17, 15) is 0 Å². The molecule has 6 aromatic rings. The van der Waals surface area contributed by atoms with Crippen LogP contribution < -0.4 is 0 Å². The summed E-state index contributed by atoms with van der Waals surface area (Å²) in [6.07, 6.45) is 0. The van der Waals surface area contributed by atoms with Crippen molar-refractivity contribution in [2.24, 2.45) is 0 Å². The summed E-state index contributed by atoms with van der Waals surface area (Å²) >= 11 is 0. The van der Waals surface area contributed by atoms with Crippen LogP contribution in [0.4, 0.5) is 0 Å². The number of rotatable bonds is 2. The molecule has 0 aliphatic heterocycles. The van der Waals surface area contributed by atoms with Gasteiger partial charge in [-0.2, -0.15) is 0 Å². The number of hydrogen-bond acceptors (Lipinski definition) is 0. The standard InChI is InChI=1S/2C15H11.Nd/c2*1-2-6-12(7-3-1)15-10-13-8-4-5-9-14(13)11-15;/h2*1-11H;/q2*-1;. The Labute approximate surface area is 216 Å². The van der Waals surface area contributed by atoms with Gasteiger partial charge in [-0.3, -0.25) is 0 Å². The fourth-order valence-electron chi connectivity index (χ4n) is 3.90. The molecule has 0 atom stereocenters. The molecule has 0 saturated heterocycles. The zero-order valence-corrected chi connectivity index (χ0v) is 20.4. The van der Waals surface area contributed by atoms with Crippen LogP contribution in [0.3, 0.4) is 0 Å². The molecule has 0 fully saturated rings. The summed E-state index contributed by atoms with van der Waals surface area (Å²) in [5.74, 6) is 0. The molecule has 0 bridgehead atoms. The van der Waals surface area contributed by atoms with Crippen molar-refractivity contribution >= 4 is 21.5 Å². The molecule has 6 rings (SSSR count). The smallest absolute Gasteiger partial charge is 0 e. The third-order valence-corrected chi connectivity index (χ3v) is 5.45. The quantitative estimate of drug-likeness (QED) is 0.199. The van der Waals surface area contributed by atoms with E-state index < -0.39 is 0 Å². The van der Waals surface area contributed by atoms with Crippen LogP contribution >= 0.6 is 0 Å². The maximum absolute atomic E-state index is 2.24. The van der Waals surface area contributed by atoms with Crippen molar-refractivity contribution < 1.29 is 40.8 Å². The first-order chi connectivity index (χ1) is 14.9. The predicted molar refractivity (Wildman–Crippen MR) is 130 cm³/mol. The van der Waals surface area contributed by atoms with Gasteiger partial charge in [-0.1, -0.05) is 108 Å². The average molecular weight is 527 g/mol. The summed E-state index contributed by atoms with van der Waals surface area (Å²) in [4.78, 5) is 0. The fourth-order valence-corrected chi connectivity index (χ4v) is 3.90. The monoisotopic (exact) mass is 524 g/mol. The summed E-state index contributed by atoms with van der Waals surface area (Å²) in [5, 5.41) is 5.26. The molecule has 148 valence electrons. The van der Waals surface area contributed by atoms with Gasteiger partial charge in [-0.15, -0.1) is 69.1 Å². The molecular weight excluding hydrogens is 505 g/mol. The van der Waals surface area contributed by atoms with Crippen LogP contribution in [0.5, 0.6) is 0 Å². The third kappa shape index (κ3) is 5.03. The van der Waals surface area contributed by atoms with Crippen LogP contribution in [0, 0.1) is 40.8 Å². The molecule has 0 unspecified atom stereocenters. The molecule has 0 aliphatic carbocycles. The van der Waals surface area contributed by atoms with Crippen LogP contribution in [-0.2, 0) is 0 Å². The van der Waals surface area contributed by atoms with Crippen molar-refractivity contribution in [3.8, 4) is 22.3 Å². The van der Waals surface area contributed by atoms with Gasteiger partial charge in [-0.05, 0) is 0 Å². The summed E-state index contributed by atoms with van der Waals surface area (Å²) in [6, 6.07) is 46.9. The van der Waals surface area contributed by atoms with Gasteiger partial charge in [0.05, 0.1) is 0 Å². The minimum Gasteiger partial charge on any atom is -0.145 e. The van der Waals surface area contributed by atoms with E-state index in [1.165, 1.54) is 43.8 Å². The van der Waals surface area contributed by atoms with Gasteiger partial charge < -0.3 is 0 Å². The van der Waals surface area contributed by atoms with E-state index in [-0.39, 0.29) is 40.8 Å². The molecule has 6 aromatic carbocycles. The Morgan fingerprint density at radius 2 is 0.742 bits per heavy atom. The summed E-state index contributed by atoms with van der Waals surface area (Å²) in [5.41, 5.74) is 5.18. The Morgan fingerprint density at radius 3 is 1.13 bits per heavy atom. The van der Waals surface area contributed by atoms with Crippen molar-refractivity contribution in [2.75, 3.05) is 0 Å². The van der Waals surface area contributed by atoms with Crippen LogP contribution in [0.1, 0.15) is 0 Å². The minimum atomic E-state index is 0. The molecule has 0 aliphatic rings. The van der Waals surface area contributed by atoms with E-state index in [1.54, 1.807) is 0 Å². The Morgan fingerprint density at radius 1 is 0.387 bits per heavy atom. The van der Waals surface area contributed by atoms with Gasteiger partial charge in [0.15, 0.2) is 0 Å². The van der Waals surface area contributed by atoms with Gasteiger partial charge in [0.1, 0.15) is 0 Å². The summed E-state index contributed by atoms with van der Waals surface area (Å²) in [7, 11) is 0. The summed E-state index contributed by atoms with van der Waals surface area (Å²) < 4.78 is 0. The molecule has 0 aromatic heterocycles. The van der Waals surface area contributed by atoms with Gasteiger partial charge in [-0.25, -0.2) is 0 Å². The van der Waals surface area contributed by atoms with Gasteiger partial charge >= 0.3 is 0 Å². The minimum absolute atomic E-state index is 0. The van der Waals surface area contributed by atoms with Gasteiger partial charge in [0, 0.05) is 40.8 Å². The van der Waals surface area contributed by atoms with E-state index >= 15 is 0 Å². The van der Waals surface area contributed by atoms with Crippen LogP contribution in [0.15, 0.2) is 133 Å². The molecule has 0 N–H and O–H groups in total. The van der Waals surface area contributed by atoms with Crippen LogP contribution in [-0.4, -0.2) is 0 Å². The fraction of sp³-hybridized carbons (Fsp3) is 0. The van der Waals surface area contributed by atoms with E-state index in [4.69, 9.17) is 0 Å². The molecule has 31 heavy (non-hydrogen) atoms. The van der Waals surface area contributed by atoms with Crippen molar-refractivity contribution in [2.45, 2.75) is 0 Å². The molecule has 0 nitrogen and oxygen atoms in total. The first kappa shape index (κ1) is 21.7. The Hall–Kier alpha value is -2.55. The second-order valence-corrected chi connectivity index (χ2v) is 7.48. The van der Waals surface area contributed by atoms with Crippen molar-refractivity contribution in [3.63, 3.8) is 0 Å². The Bertz CT molecular complexity index is 1200. The summed E-state index contributed by atoms with van der Waals surface area (Å²) in [6.45, 7) is 0. The normalized spacial score (nSPS) is 10.3. The molecule has 0 spiro atoms. The topological polar surface area (TPSA) is 0 Å². The van der Waals surface area contributed by atoms with E-state index in [2.05, 4.69) is 121 Å². The second kappa shape index (κ2) is 10.2. The maximum Gasteiger partial charge on any atom is 0 e. The molecule has 0 amide bonds. The first-order valence-electron chi connectivity index (χ1n) is 10.3. The van der Waals surface area contributed by atoms with Crippen molar-refractivity contribution in [1.29, 1.82) is 0 Å². The van der Waals surface area contributed by atoms with Crippen LogP contribution in [0.2, 0.25) is 0 Å². The van der Waals surface area contributed by atoms with Gasteiger partial charge in [0.25, 0.3) is 0 Å². The van der Waals surface area contributed by atoms with E-state index in [1.807, 2.05) is 12.1 Å². The predicted octanol–water partition coefficient (Wildman–Crippen LogP) is 8.45. The Balaban J connectivity index is 0.000000144. The molecule has 1 heteroatoms. The first-order valence-corrected chi connectivity index (χ1v) is 10.3. The zero-order chi connectivity index (χ0) is 20.2. The Kier molecular flexibility index (Phi) is 7.11. The van der Waals surface area contributed by atoms with E-state index in [0.29, 0.717) is 0 Å². The second-order valence-electron chi connectivity index (χ2n) is 7.48. The zero-order valence-electron chi connectivity index (χ0n) is 17.2.